The number of hydrogen-bond acceptors (Lipinski definition) is 3. The van der Waals surface area contributed by atoms with E-state index in [1.807, 2.05) is 0 Å². The van der Waals surface area contributed by atoms with E-state index in [0.29, 0.717) is 5.56 Å². The monoisotopic (exact) mass is 250 g/mol. The molecule has 0 spiro atoms. The van der Waals surface area contributed by atoms with Crippen LogP contribution in [0.4, 0.5) is 10.1 Å². The molecule has 18 heavy (non-hydrogen) atoms. The van der Waals surface area contributed by atoms with E-state index >= 15 is 0 Å². The molecule has 98 valence electrons. The largest absolute Gasteiger partial charge is 0.368 e. The number of likely N-dealkylation sites (N-methyl/N-ethyl adjacent to an activating group) is 1. The average molecular weight is 250 g/mol. The van der Waals surface area contributed by atoms with Crippen molar-refractivity contribution in [2.24, 2.45) is 0 Å². The first-order valence-corrected chi connectivity index (χ1v) is 6.39. The molecule has 0 atom stereocenters. The standard InChI is InChI=1S/C14H19FN2O/c1-3-16-6-8-17(9-7-16)14-5-4-12(15)10-13(14)11(2)18/h4-5,10H,3,6-9H2,1-2H3. The second-order valence-electron chi connectivity index (χ2n) is 4.64. The maximum atomic E-state index is 13.2. The third-order valence-corrected chi connectivity index (χ3v) is 3.50. The van der Waals surface area contributed by atoms with Gasteiger partial charge in [0.25, 0.3) is 0 Å². The van der Waals surface area contributed by atoms with Gasteiger partial charge in [-0.15, -0.1) is 0 Å². The quantitative estimate of drug-likeness (QED) is 0.768. The number of ketones is 1. The number of hydrogen-bond donors (Lipinski definition) is 0. The minimum Gasteiger partial charge on any atom is -0.368 e. The molecule has 4 heteroatoms. The molecule has 1 heterocycles. The zero-order valence-corrected chi connectivity index (χ0v) is 10.9. The summed E-state index contributed by atoms with van der Waals surface area (Å²) in [6, 6.07) is 4.48. The van der Waals surface area contributed by atoms with Crippen LogP contribution in [0.1, 0.15) is 24.2 Å². The molecular weight excluding hydrogens is 231 g/mol. The molecule has 1 saturated heterocycles. The average Bonchev–Trinajstić information content (AvgIpc) is 2.39. The fourth-order valence-corrected chi connectivity index (χ4v) is 2.37. The summed E-state index contributed by atoms with van der Waals surface area (Å²) in [5.74, 6) is -0.432. The van der Waals surface area contributed by atoms with Crippen molar-refractivity contribution in [3.8, 4) is 0 Å². The van der Waals surface area contributed by atoms with Crippen molar-refractivity contribution in [2.75, 3.05) is 37.6 Å². The van der Waals surface area contributed by atoms with E-state index in [2.05, 4.69) is 16.7 Å². The maximum absolute atomic E-state index is 13.2. The summed E-state index contributed by atoms with van der Waals surface area (Å²) in [4.78, 5) is 16.1. The summed E-state index contributed by atoms with van der Waals surface area (Å²) < 4.78 is 13.2. The normalized spacial score (nSPS) is 16.9. The maximum Gasteiger partial charge on any atom is 0.161 e. The molecule has 0 saturated carbocycles. The molecule has 0 N–H and O–H groups in total. The second kappa shape index (κ2) is 5.48. The summed E-state index contributed by atoms with van der Waals surface area (Å²) >= 11 is 0. The highest BCUT2D eigenvalue weighted by Crippen LogP contribution is 2.23. The predicted octanol–water partition coefficient (Wildman–Crippen LogP) is 2.17. The Labute approximate surface area is 107 Å². The van der Waals surface area contributed by atoms with Gasteiger partial charge in [0.1, 0.15) is 5.82 Å². The molecule has 0 unspecified atom stereocenters. The summed E-state index contributed by atoms with van der Waals surface area (Å²) in [6.45, 7) is 8.45. The van der Waals surface area contributed by atoms with E-state index < -0.39 is 0 Å². The number of nitrogens with zero attached hydrogens (tertiary/aromatic N) is 2. The smallest absolute Gasteiger partial charge is 0.161 e. The van der Waals surface area contributed by atoms with Crippen LogP contribution in [0.25, 0.3) is 0 Å². The third-order valence-electron chi connectivity index (χ3n) is 3.50. The lowest BCUT2D eigenvalue weighted by molar-refractivity contribution is 0.101. The third kappa shape index (κ3) is 2.70. The number of anilines is 1. The number of carbonyl (C=O) groups is 1. The minimum absolute atomic E-state index is 0.0811. The molecule has 3 nitrogen and oxygen atoms in total. The van der Waals surface area contributed by atoms with Crippen molar-refractivity contribution >= 4 is 11.5 Å². The van der Waals surface area contributed by atoms with Gasteiger partial charge in [0.2, 0.25) is 0 Å². The Morgan fingerprint density at radius 3 is 2.50 bits per heavy atom. The zero-order valence-electron chi connectivity index (χ0n) is 10.9. The van der Waals surface area contributed by atoms with E-state index in [-0.39, 0.29) is 11.6 Å². The van der Waals surface area contributed by atoms with Crippen molar-refractivity contribution in [2.45, 2.75) is 13.8 Å². The Hall–Kier alpha value is -1.42. The van der Waals surface area contributed by atoms with Crippen molar-refractivity contribution < 1.29 is 9.18 Å². The molecule has 2 rings (SSSR count). The Balaban J connectivity index is 2.21. The van der Waals surface area contributed by atoms with Crippen LogP contribution in [0.15, 0.2) is 18.2 Å². The van der Waals surface area contributed by atoms with Crippen LogP contribution in [-0.2, 0) is 0 Å². The van der Waals surface area contributed by atoms with E-state index in [0.717, 1.165) is 38.4 Å². The molecule has 1 aliphatic heterocycles. The van der Waals surface area contributed by atoms with Crippen LogP contribution in [0.2, 0.25) is 0 Å². The minimum atomic E-state index is -0.351. The molecule has 1 fully saturated rings. The molecule has 0 amide bonds. The van der Waals surface area contributed by atoms with Crippen LogP contribution in [0.3, 0.4) is 0 Å². The van der Waals surface area contributed by atoms with Crippen molar-refractivity contribution in [3.05, 3.63) is 29.6 Å². The fraction of sp³-hybridized carbons (Fsp3) is 0.500. The molecule has 1 aromatic carbocycles. The van der Waals surface area contributed by atoms with Gasteiger partial charge in [-0.2, -0.15) is 0 Å². The van der Waals surface area contributed by atoms with Gasteiger partial charge >= 0.3 is 0 Å². The number of carbonyl (C=O) groups excluding carboxylic acids is 1. The van der Waals surface area contributed by atoms with Crippen LogP contribution >= 0.6 is 0 Å². The number of piperazine rings is 1. The van der Waals surface area contributed by atoms with Crippen LogP contribution < -0.4 is 4.90 Å². The van der Waals surface area contributed by atoms with E-state index in [1.165, 1.54) is 19.1 Å². The molecule has 1 aliphatic rings. The van der Waals surface area contributed by atoms with Gasteiger partial charge in [0.15, 0.2) is 5.78 Å². The van der Waals surface area contributed by atoms with Gasteiger partial charge in [0.05, 0.1) is 0 Å². The first-order chi connectivity index (χ1) is 8.61. The second-order valence-corrected chi connectivity index (χ2v) is 4.64. The highest BCUT2D eigenvalue weighted by Gasteiger charge is 2.19. The molecule has 0 bridgehead atoms. The van der Waals surface area contributed by atoms with E-state index in [1.54, 1.807) is 6.07 Å². The summed E-state index contributed by atoms with van der Waals surface area (Å²) in [7, 11) is 0. The van der Waals surface area contributed by atoms with Gasteiger partial charge < -0.3 is 9.80 Å². The molecular formula is C14H19FN2O. The van der Waals surface area contributed by atoms with Gasteiger partial charge in [-0.05, 0) is 31.7 Å². The Bertz CT molecular complexity index is 439. The van der Waals surface area contributed by atoms with Crippen molar-refractivity contribution in [1.29, 1.82) is 0 Å². The zero-order chi connectivity index (χ0) is 13.1. The van der Waals surface area contributed by atoms with Gasteiger partial charge in [-0.25, -0.2) is 4.39 Å². The summed E-state index contributed by atoms with van der Waals surface area (Å²) in [5.41, 5.74) is 1.35. The lowest BCUT2D eigenvalue weighted by Crippen LogP contribution is -2.46. The molecule has 0 aromatic heterocycles. The van der Waals surface area contributed by atoms with Crippen molar-refractivity contribution in [1.82, 2.24) is 4.90 Å². The van der Waals surface area contributed by atoms with Crippen molar-refractivity contribution in [3.63, 3.8) is 0 Å². The highest BCUT2D eigenvalue weighted by molar-refractivity contribution is 5.99. The van der Waals surface area contributed by atoms with Gasteiger partial charge in [0, 0.05) is 37.4 Å². The first-order valence-electron chi connectivity index (χ1n) is 6.39. The van der Waals surface area contributed by atoms with E-state index in [9.17, 15) is 9.18 Å². The topological polar surface area (TPSA) is 23.6 Å². The lowest BCUT2D eigenvalue weighted by atomic mass is 10.1. The lowest BCUT2D eigenvalue weighted by Gasteiger charge is -2.36. The highest BCUT2D eigenvalue weighted by atomic mass is 19.1. The summed E-state index contributed by atoms with van der Waals surface area (Å²) in [5, 5.41) is 0. The number of halogens is 1. The Morgan fingerprint density at radius 2 is 1.94 bits per heavy atom. The SMILES string of the molecule is CCN1CCN(c2ccc(F)cc2C(C)=O)CC1. The van der Waals surface area contributed by atoms with Gasteiger partial charge in [-0.1, -0.05) is 6.92 Å². The van der Waals surface area contributed by atoms with Crippen LogP contribution in [0.5, 0.6) is 0 Å². The van der Waals surface area contributed by atoms with Gasteiger partial charge in [-0.3, -0.25) is 4.79 Å². The Kier molecular flexibility index (Phi) is 3.97. The number of benzene rings is 1. The van der Waals surface area contributed by atoms with Crippen LogP contribution in [-0.4, -0.2) is 43.4 Å². The molecule has 0 aliphatic carbocycles. The fourth-order valence-electron chi connectivity index (χ4n) is 2.37. The number of Topliss-reactive ketones (excluding diaryl/α,β-unsaturated/α-hetero) is 1. The van der Waals surface area contributed by atoms with E-state index in [4.69, 9.17) is 0 Å². The Morgan fingerprint density at radius 1 is 1.28 bits per heavy atom. The number of rotatable bonds is 3. The first kappa shape index (κ1) is 13.0. The predicted molar refractivity (Wildman–Crippen MR) is 70.7 cm³/mol. The molecule has 0 radical (unpaired) electrons. The molecule has 1 aromatic rings. The van der Waals surface area contributed by atoms with Crippen LogP contribution in [0, 0.1) is 5.82 Å². The summed E-state index contributed by atoms with van der Waals surface area (Å²) in [6.07, 6.45) is 0.